The SMILES string of the molecule is CC[C@@H](C)C(=O)N[C@H]1CCc2ccccc2N(Cc2cccc3ccc(-c4nn[nH]n4)cc23)C1=O. The number of rotatable bonds is 6. The number of H-pyrrole nitrogens is 1. The van der Waals surface area contributed by atoms with E-state index in [9.17, 15) is 9.59 Å². The van der Waals surface area contributed by atoms with Gasteiger partial charge in [0.15, 0.2) is 0 Å². The number of hydrogen-bond donors (Lipinski definition) is 2. The number of para-hydroxylation sites is 1. The number of tetrazole rings is 1. The van der Waals surface area contributed by atoms with E-state index in [2.05, 4.69) is 32.0 Å². The maximum atomic E-state index is 13.8. The van der Waals surface area contributed by atoms with Gasteiger partial charge in [-0.3, -0.25) is 9.59 Å². The van der Waals surface area contributed by atoms with Gasteiger partial charge in [-0.1, -0.05) is 62.4 Å². The van der Waals surface area contributed by atoms with Gasteiger partial charge in [-0.05, 0) is 58.5 Å². The lowest BCUT2D eigenvalue weighted by atomic mass is 10.0. The van der Waals surface area contributed by atoms with Gasteiger partial charge in [-0.15, -0.1) is 10.2 Å². The van der Waals surface area contributed by atoms with Crippen LogP contribution in [0, 0.1) is 5.92 Å². The molecule has 0 spiro atoms. The fourth-order valence-corrected chi connectivity index (χ4v) is 4.58. The molecule has 0 aliphatic carbocycles. The monoisotopic (exact) mass is 468 g/mol. The van der Waals surface area contributed by atoms with Crippen molar-refractivity contribution in [2.45, 2.75) is 45.7 Å². The minimum Gasteiger partial charge on any atom is -0.344 e. The van der Waals surface area contributed by atoms with Gasteiger partial charge in [0.25, 0.3) is 0 Å². The first-order chi connectivity index (χ1) is 17.0. The topological polar surface area (TPSA) is 104 Å². The zero-order chi connectivity index (χ0) is 24.4. The quantitative estimate of drug-likeness (QED) is 0.445. The van der Waals surface area contributed by atoms with Gasteiger partial charge in [0.2, 0.25) is 17.6 Å². The predicted molar refractivity (Wildman–Crippen MR) is 134 cm³/mol. The number of carbonyl (C=O) groups is 2. The molecule has 0 bridgehead atoms. The van der Waals surface area contributed by atoms with Crippen LogP contribution in [0.2, 0.25) is 0 Å². The number of aromatic amines is 1. The predicted octanol–water partition coefficient (Wildman–Crippen LogP) is 4.03. The molecule has 4 aromatic rings. The van der Waals surface area contributed by atoms with Crippen molar-refractivity contribution in [2.24, 2.45) is 5.92 Å². The molecule has 3 aromatic carbocycles. The van der Waals surface area contributed by atoms with Gasteiger partial charge >= 0.3 is 0 Å². The molecule has 2 N–H and O–H groups in total. The van der Waals surface area contributed by atoms with E-state index < -0.39 is 6.04 Å². The van der Waals surface area contributed by atoms with Crippen molar-refractivity contribution in [3.05, 3.63) is 71.8 Å². The lowest BCUT2D eigenvalue weighted by Gasteiger charge is -2.27. The zero-order valence-corrected chi connectivity index (χ0v) is 19.9. The minimum absolute atomic E-state index is 0.0772. The molecule has 1 aliphatic rings. The van der Waals surface area contributed by atoms with E-state index in [1.807, 2.05) is 73.3 Å². The van der Waals surface area contributed by atoms with Crippen LogP contribution in [-0.4, -0.2) is 38.5 Å². The molecule has 0 fully saturated rings. The van der Waals surface area contributed by atoms with Crippen LogP contribution in [0.3, 0.4) is 0 Å². The van der Waals surface area contributed by atoms with Crippen molar-refractivity contribution in [3.63, 3.8) is 0 Å². The molecule has 1 aliphatic heterocycles. The third-order valence-corrected chi connectivity index (χ3v) is 6.83. The van der Waals surface area contributed by atoms with E-state index in [4.69, 9.17) is 0 Å². The lowest BCUT2D eigenvalue weighted by Crippen LogP contribution is -2.49. The van der Waals surface area contributed by atoms with Gasteiger partial charge in [0, 0.05) is 17.2 Å². The summed E-state index contributed by atoms with van der Waals surface area (Å²) in [5.74, 6) is 0.221. The Morgan fingerprint density at radius 2 is 2.03 bits per heavy atom. The van der Waals surface area contributed by atoms with Gasteiger partial charge in [-0.2, -0.15) is 5.21 Å². The van der Waals surface area contributed by atoms with Crippen molar-refractivity contribution in [1.29, 1.82) is 0 Å². The Bertz CT molecular complexity index is 1370. The van der Waals surface area contributed by atoms with Gasteiger partial charge < -0.3 is 10.2 Å². The van der Waals surface area contributed by atoms with Crippen molar-refractivity contribution >= 4 is 28.3 Å². The normalized spacial score (nSPS) is 16.6. The Balaban J connectivity index is 1.53. The molecule has 1 aromatic heterocycles. The first-order valence-electron chi connectivity index (χ1n) is 12.0. The second kappa shape index (κ2) is 9.66. The summed E-state index contributed by atoms with van der Waals surface area (Å²) >= 11 is 0. The molecule has 0 unspecified atom stereocenters. The zero-order valence-electron chi connectivity index (χ0n) is 19.9. The number of carbonyl (C=O) groups excluding carboxylic acids is 2. The highest BCUT2D eigenvalue weighted by Gasteiger charge is 2.32. The molecule has 8 nitrogen and oxygen atoms in total. The molecule has 0 radical (unpaired) electrons. The van der Waals surface area contributed by atoms with E-state index in [1.54, 1.807) is 0 Å². The summed E-state index contributed by atoms with van der Waals surface area (Å²) in [5, 5.41) is 19.5. The summed E-state index contributed by atoms with van der Waals surface area (Å²) in [4.78, 5) is 28.3. The fourth-order valence-electron chi connectivity index (χ4n) is 4.58. The van der Waals surface area contributed by atoms with Gasteiger partial charge in [0.05, 0.1) is 6.54 Å². The number of hydrogen-bond acceptors (Lipinski definition) is 5. The van der Waals surface area contributed by atoms with Crippen LogP contribution in [0.1, 0.15) is 37.8 Å². The molecule has 2 amide bonds. The second-order valence-electron chi connectivity index (χ2n) is 9.05. The number of aromatic nitrogens is 4. The van der Waals surface area contributed by atoms with Crippen LogP contribution in [-0.2, 0) is 22.6 Å². The first-order valence-corrected chi connectivity index (χ1v) is 12.0. The van der Waals surface area contributed by atoms with Crippen molar-refractivity contribution in [2.75, 3.05) is 4.90 Å². The van der Waals surface area contributed by atoms with Crippen LogP contribution in [0.25, 0.3) is 22.2 Å². The number of benzene rings is 3. The Kier molecular flexibility index (Phi) is 6.27. The van der Waals surface area contributed by atoms with E-state index in [1.165, 1.54) is 0 Å². The Labute approximate surface area is 203 Å². The third-order valence-electron chi connectivity index (χ3n) is 6.83. The van der Waals surface area contributed by atoms with Crippen LogP contribution >= 0.6 is 0 Å². The lowest BCUT2D eigenvalue weighted by molar-refractivity contribution is -0.129. The molecular weight excluding hydrogens is 440 g/mol. The molecule has 2 heterocycles. The van der Waals surface area contributed by atoms with Gasteiger partial charge in [-0.25, -0.2) is 0 Å². The average Bonchev–Trinajstić information content (AvgIpc) is 3.40. The molecular formula is C27H28N6O2. The first kappa shape index (κ1) is 22.7. The van der Waals surface area contributed by atoms with Crippen molar-refractivity contribution in [3.8, 4) is 11.4 Å². The fraction of sp³-hybridized carbons (Fsp3) is 0.296. The highest BCUT2D eigenvalue weighted by molar-refractivity contribution is 6.01. The number of nitrogens with zero attached hydrogens (tertiary/aromatic N) is 4. The van der Waals surface area contributed by atoms with Crippen LogP contribution in [0.15, 0.2) is 60.7 Å². The van der Waals surface area contributed by atoms with Crippen LogP contribution < -0.4 is 10.2 Å². The highest BCUT2D eigenvalue weighted by atomic mass is 16.2. The summed E-state index contributed by atoms with van der Waals surface area (Å²) in [7, 11) is 0. The molecule has 0 saturated heterocycles. The maximum Gasteiger partial charge on any atom is 0.249 e. The third kappa shape index (κ3) is 4.51. The molecule has 178 valence electrons. The minimum atomic E-state index is -0.561. The summed E-state index contributed by atoms with van der Waals surface area (Å²) < 4.78 is 0. The molecule has 5 rings (SSSR count). The molecule has 2 atom stereocenters. The smallest absolute Gasteiger partial charge is 0.249 e. The second-order valence-corrected chi connectivity index (χ2v) is 9.05. The van der Waals surface area contributed by atoms with Crippen LogP contribution in [0.5, 0.6) is 0 Å². The summed E-state index contributed by atoms with van der Waals surface area (Å²) in [6.45, 7) is 4.25. The van der Waals surface area contributed by atoms with Crippen LogP contribution in [0.4, 0.5) is 5.69 Å². The number of aryl methyl sites for hydroxylation is 1. The van der Waals surface area contributed by atoms with Crippen molar-refractivity contribution < 1.29 is 9.59 Å². The molecule has 0 saturated carbocycles. The number of fused-ring (bicyclic) bond motifs is 2. The summed E-state index contributed by atoms with van der Waals surface area (Å²) in [6, 6.07) is 19.5. The maximum absolute atomic E-state index is 13.8. The average molecular weight is 469 g/mol. The molecule has 35 heavy (non-hydrogen) atoms. The summed E-state index contributed by atoms with van der Waals surface area (Å²) in [6.07, 6.45) is 2.03. The van der Waals surface area contributed by atoms with Crippen molar-refractivity contribution in [1.82, 2.24) is 25.9 Å². The van der Waals surface area contributed by atoms with Gasteiger partial charge in [0.1, 0.15) is 6.04 Å². The highest BCUT2D eigenvalue weighted by Crippen LogP contribution is 2.31. The Morgan fingerprint density at radius 1 is 1.17 bits per heavy atom. The van der Waals surface area contributed by atoms with E-state index in [0.717, 1.165) is 46.0 Å². The number of amides is 2. The van der Waals surface area contributed by atoms with E-state index in [0.29, 0.717) is 18.8 Å². The van der Waals surface area contributed by atoms with E-state index >= 15 is 0 Å². The summed E-state index contributed by atoms with van der Waals surface area (Å²) in [5.41, 5.74) is 3.85. The molecule has 8 heteroatoms. The Morgan fingerprint density at radius 3 is 2.83 bits per heavy atom. The Hall–Kier alpha value is -4.07. The number of nitrogens with one attached hydrogen (secondary N) is 2. The van der Waals surface area contributed by atoms with E-state index in [-0.39, 0.29) is 17.7 Å². The standard InChI is InChI=1S/C27H28N6O2/c1-3-17(2)26(34)28-23-14-13-19-7-4-5-10-24(19)33(27(23)35)16-21-9-6-8-18-11-12-20(15-22(18)21)25-29-31-32-30-25/h4-12,15,17,23H,3,13-14,16H2,1-2H3,(H,28,34)(H,29,30,31,32)/t17-,23+/m1/s1. The largest absolute Gasteiger partial charge is 0.344 e. The number of anilines is 1.